The molecule has 0 radical (unpaired) electrons. The van der Waals surface area contributed by atoms with E-state index in [1.54, 1.807) is 0 Å². The van der Waals surface area contributed by atoms with Gasteiger partial charge in [0.1, 0.15) is 0 Å². The average molecular weight is 275 g/mol. The lowest BCUT2D eigenvalue weighted by Gasteiger charge is -2.22. The molecule has 0 unspecified atom stereocenters. The molecule has 0 fully saturated rings. The summed E-state index contributed by atoms with van der Waals surface area (Å²) in [4.78, 5) is 0. The average Bonchev–Trinajstić information content (AvgIpc) is 2.27. The van der Waals surface area contributed by atoms with Gasteiger partial charge in [-0.3, -0.25) is 0 Å². The van der Waals surface area contributed by atoms with E-state index in [2.05, 4.69) is 0 Å². The molecule has 1 aromatic rings. The molecule has 0 amide bonds. The van der Waals surface area contributed by atoms with Crippen molar-refractivity contribution in [1.82, 2.24) is 0 Å². The van der Waals surface area contributed by atoms with Crippen LogP contribution < -0.4 is 5.73 Å². The van der Waals surface area contributed by atoms with Crippen molar-refractivity contribution in [3.63, 3.8) is 0 Å². The Kier molecular flexibility index (Phi) is 3.62. The summed E-state index contributed by atoms with van der Waals surface area (Å²) in [5.74, 6) is -8.84. The van der Waals surface area contributed by atoms with Crippen molar-refractivity contribution < 1.29 is 30.7 Å². The van der Waals surface area contributed by atoms with Crippen LogP contribution in [0.4, 0.5) is 30.7 Å². The number of nitrogens with two attached hydrogens (primary N) is 1. The fourth-order valence-corrected chi connectivity index (χ4v) is 1.22. The van der Waals surface area contributed by atoms with Crippen LogP contribution in [-0.2, 0) is 11.8 Å². The minimum absolute atomic E-state index is 0.111. The zero-order valence-electron chi connectivity index (χ0n) is 8.74. The van der Waals surface area contributed by atoms with Crippen molar-refractivity contribution in [2.24, 2.45) is 5.73 Å². The van der Waals surface area contributed by atoms with E-state index >= 15 is 0 Å². The van der Waals surface area contributed by atoms with Crippen LogP contribution in [0.3, 0.4) is 0 Å². The minimum Gasteiger partial charge on any atom is -0.325 e. The van der Waals surface area contributed by atoms with Crippen LogP contribution in [0.5, 0.6) is 0 Å². The molecule has 8 heteroatoms. The number of hydrogen-bond acceptors (Lipinski definition) is 1. The lowest BCUT2D eigenvalue weighted by Crippen LogP contribution is -2.34. The Morgan fingerprint density at radius 1 is 0.889 bits per heavy atom. The smallest absolute Gasteiger partial charge is 0.325 e. The second-order valence-corrected chi connectivity index (χ2v) is 3.56. The fraction of sp³-hybridized carbons (Fsp3) is 0.400. The van der Waals surface area contributed by atoms with Crippen LogP contribution in [0.25, 0.3) is 0 Å². The lowest BCUT2D eigenvalue weighted by molar-refractivity contribution is -0.289. The molecule has 1 rings (SSSR count). The quantitative estimate of drug-likeness (QED) is 0.841. The van der Waals surface area contributed by atoms with Crippen molar-refractivity contribution in [3.8, 4) is 0 Å². The molecule has 0 heterocycles. The molecule has 18 heavy (non-hydrogen) atoms. The molecule has 0 aliphatic carbocycles. The first-order chi connectivity index (χ1) is 8.02. The van der Waals surface area contributed by atoms with E-state index in [1.807, 2.05) is 0 Å². The van der Waals surface area contributed by atoms with Gasteiger partial charge in [-0.05, 0) is 6.07 Å². The number of benzene rings is 1. The molecular weight excluding hydrogens is 267 g/mol. The van der Waals surface area contributed by atoms with Crippen LogP contribution in [0, 0.1) is 0 Å². The third kappa shape index (κ3) is 2.58. The first-order valence-corrected chi connectivity index (χ1v) is 4.66. The van der Waals surface area contributed by atoms with Gasteiger partial charge in [0.25, 0.3) is 5.92 Å². The van der Waals surface area contributed by atoms with Gasteiger partial charge >= 0.3 is 12.1 Å². The van der Waals surface area contributed by atoms with E-state index < -0.39 is 35.7 Å². The van der Waals surface area contributed by atoms with Crippen molar-refractivity contribution in [1.29, 1.82) is 0 Å². The molecule has 0 aliphatic rings. The SMILES string of the molecule is NCC(F)(F)c1cccc(C(F)(F)C(F)(F)F)c1. The normalized spacial score (nSPS) is 13.8. The van der Waals surface area contributed by atoms with Crippen molar-refractivity contribution in [2.45, 2.75) is 18.0 Å². The molecule has 0 saturated heterocycles. The predicted octanol–water partition coefficient (Wildman–Crippen LogP) is 3.39. The van der Waals surface area contributed by atoms with E-state index in [-0.39, 0.29) is 6.07 Å². The predicted molar refractivity (Wildman–Crippen MR) is 49.3 cm³/mol. The maximum Gasteiger partial charge on any atom is 0.458 e. The number of halogens is 7. The van der Waals surface area contributed by atoms with E-state index in [4.69, 9.17) is 5.73 Å². The monoisotopic (exact) mass is 275 g/mol. The summed E-state index contributed by atoms with van der Waals surface area (Å²) in [6.45, 7) is -1.19. The topological polar surface area (TPSA) is 26.0 Å². The second-order valence-electron chi connectivity index (χ2n) is 3.56. The summed E-state index contributed by atoms with van der Waals surface area (Å²) in [5, 5.41) is 0. The van der Waals surface area contributed by atoms with Gasteiger partial charge < -0.3 is 5.73 Å². The molecule has 0 bridgehead atoms. The zero-order valence-corrected chi connectivity index (χ0v) is 8.74. The highest BCUT2D eigenvalue weighted by Gasteiger charge is 2.58. The van der Waals surface area contributed by atoms with Crippen LogP contribution in [-0.4, -0.2) is 12.7 Å². The largest absolute Gasteiger partial charge is 0.458 e. The van der Waals surface area contributed by atoms with Gasteiger partial charge in [-0.15, -0.1) is 0 Å². The van der Waals surface area contributed by atoms with E-state index in [0.29, 0.717) is 12.1 Å². The molecule has 0 aliphatic heterocycles. The van der Waals surface area contributed by atoms with Crippen LogP contribution in [0.1, 0.15) is 11.1 Å². The van der Waals surface area contributed by atoms with Crippen molar-refractivity contribution >= 4 is 0 Å². The molecule has 0 spiro atoms. The van der Waals surface area contributed by atoms with Gasteiger partial charge in [0, 0.05) is 11.1 Å². The van der Waals surface area contributed by atoms with Gasteiger partial charge in [0.15, 0.2) is 0 Å². The number of hydrogen-bond donors (Lipinski definition) is 1. The minimum atomic E-state index is -5.84. The Morgan fingerprint density at radius 3 is 1.83 bits per heavy atom. The maximum atomic E-state index is 13.1. The number of alkyl halides is 7. The maximum absolute atomic E-state index is 13.1. The van der Waals surface area contributed by atoms with E-state index in [0.717, 1.165) is 6.07 Å². The highest BCUT2D eigenvalue weighted by atomic mass is 19.4. The van der Waals surface area contributed by atoms with E-state index in [1.165, 1.54) is 0 Å². The molecule has 1 nitrogen and oxygen atoms in total. The van der Waals surface area contributed by atoms with Gasteiger partial charge in [0.2, 0.25) is 0 Å². The standard InChI is InChI=1S/C10H8F7N/c11-8(12,5-18)6-2-1-3-7(4-6)9(13,14)10(15,16)17/h1-4H,5,18H2. The Labute approximate surface area is 97.4 Å². The van der Waals surface area contributed by atoms with Crippen molar-refractivity contribution in [3.05, 3.63) is 35.4 Å². The van der Waals surface area contributed by atoms with Crippen LogP contribution in [0.15, 0.2) is 24.3 Å². The molecule has 102 valence electrons. The first-order valence-electron chi connectivity index (χ1n) is 4.66. The lowest BCUT2D eigenvalue weighted by atomic mass is 10.0. The molecule has 0 atom stereocenters. The summed E-state index contributed by atoms with van der Waals surface area (Å²) in [6.07, 6.45) is -5.84. The van der Waals surface area contributed by atoms with Gasteiger partial charge in [-0.25, -0.2) is 0 Å². The van der Waals surface area contributed by atoms with Gasteiger partial charge in [-0.2, -0.15) is 30.7 Å². The molecule has 0 saturated carbocycles. The Hall–Kier alpha value is -1.31. The Bertz CT molecular complexity index is 424. The highest BCUT2D eigenvalue weighted by molar-refractivity contribution is 5.30. The third-order valence-electron chi connectivity index (χ3n) is 2.26. The Morgan fingerprint density at radius 2 is 1.39 bits per heavy atom. The number of rotatable bonds is 3. The first kappa shape index (κ1) is 14.7. The van der Waals surface area contributed by atoms with Crippen molar-refractivity contribution in [2.75, 3.05) is 6.54 Å². The van der Waals surface area contributed by atoms with Gasteiger partial charge in [0.05, 0.1) is 6.54 Å². The second kappa shape index (κ2) is 4.42. The van der Waals surface area contributed by atoms with Gasteiger partial charge in [-0.1, -0.05) is 18.2 Å². The zero-order chi connectivity index (χ0) is 14.2. The fourth-order valence-electron chi connectivity index (χ4n) is 1.22. The molecule has 0 aromatic heterocycles. The molecule has 1 aromatic carbocycles. The Balaban J connectivity index is 3.26. The van der Waals surface area contributed by atoms with Crippen LogP contribution >= 0.6 is 0 Å². The van der Waals surface area contributed by atoms with Crippen LogP contribution in [0.2, 0.25) is 0 Å². The summed E-state index contributed by atoms with van der Waals surface area (Å²) >= 11 is 0. The van der Waals surface area contributed by atoms with E-state index in [9.17, 15) is 30.7 Å². The summed E-state index contributed by atoms with van der Waals surface area (Å²) in [6, 6.07) is 1.99. The molecule has 2 N–H and O–H groups in total. The third-order valence-corrected chi connectivity index (χ3v) is 2.26. The molecular formula is C10H8F7N. The summed E-state index contributed by atoms with van der Waals surface area (Å²) in [7, 11) is 0. The summed E-state index contributed by atoms with van der Waals surface area (Å²) in [5.41, 5.74) is 2.20. The highest BCUT2D eigenvalue weighted by Crippen LogP contribution is 2.44. The summed E-state index contributed by atoms with van der Waals surface area (Å²) < 4.78 is 88.3.